The normalized spacial score (nSPS) is 11.6. The number of nitrogens with zero attached hydrogens (tertiary/aromatic N) is 1. The van der Waals surface area contributed by atoms with Gasteiger partial charge < -0.3 is 10.2 Å². The van der Waals surface area contributed by atoms with Gasteiger partial charge >= 0.3 is 5.97 Å². The van der Waals surface area contributed by atoms with Crippen LogP contribution in [-0.4, -0.2) is 33.3 Å². The van der Waals surface area contributed by atoms with E-state index in [2.05, 4.69) is 4.99 Å². The maximum absolute atomic E-state index is 11.0. The number of aliphatic imine (C=N–C) groups is 1. The van der Waals surface area contributed by atoms with Crippen LogP contribution in [-0.2, 0) is 6.42 Å². The fraction of sp³-hybridized carbons (Fsp3) is 0.150. The van der Waals surface area contributed by atoms with Gasteiger partial charge in [0, 0.05) is 37.8 Å². The van der Waals surface area contributed by atoms with Crippen LogP contribution in [0, 0.1) is 0 Å². The predicted octanol–water partition coefficient (Wildman–Crippen LogP) is 5.96. The van der Waals surface area contributed by atoms with Crippen LogP contribution < -0.4 is 0 Å². The summed E-state index contributed by atoms with van der Waals surface area (Å²) in [6, 6.07) is 10.7. The molecule has 3 aromatic rings. The van der Waals surface area contributed by atoms with Crippen molar-refractivity contribution < 1.29 is 15.0 Å². The number of hydrogen-bond donors (Lipinski definition) is 2. The molecule has 0 aliphatic rings. The van der Waals surface area contributed by atoms with E-state index in [4.69, 9.17) is 28.9 Å². The summed E-state index contributed by atoms with van der Waals surface area (Å²) in [7, 11) is 0. The number of carbonyl (C=O) groups is 1. The smallest absolute Gasteiger partial charge is 0.345 e. The van der Waals surface area contributed by atoms with Crippen LogP contribution in [0.2, 0.25) is 5.02 Å². The lowest BCUT2D eigenvalue weighted by molar-refractivity contribution is 0.0702. The van der Waals surface area contributed by atoms with Gasteiger partial charge in [-0.2, -0.15) is 0 Å². The highest BCUT2D eigenvalue weighted by Crippen LogP contribution is 2.39. The van der Waals surface area contributed by atoms with Crippen molar-refractivity contribution >= 4 is 63.0 Å². The fourth-order valence-electron chi connectivity index (χ4n) is 2.54. The lowest BCUT2D eigenvalue weighted by atomic mass is 10.1. The molecule has 0 saturated heterocycles. The molecule has 0 amide bonds. The Morgan fingerprint density at radius 3 is 2.57 bits per heavy atom. The summed E-state index contributed by atoms with van der Waals surface area (Å²) in [5.41, 5.74) is 2.28. The molecule has 0 fully saturated rings. The van der Waals surface area contributed by atoms with Gasteiger partial charge in [0.15, 0.2) is 0 Å². The third-order valence-electron chi connectivity index (χ3n) is 4.00. The van der Waals surface area contributed by atoms with Crippen molar-refractivity contribution in [1.82, 2.24) is 0 Å². The van der Waals surface area contributed by atoms with Crippen molar-refractivity contribution in [1.29, 1.82) is 0 Å². The maximum atomic E-state index is 11.0. The monoisotopic (exact) mass is 449 g/mol. The average molecular weight is 450 g/mol. The first-order valence-electron chi connectivity index (χ1n) is 8.26. The van der Waals surface area contributed by atoms with E-state index >= 15 is 0 Å². The number of hydrogen-bond acceptors (Lipinski definition) is 6. The van der Waals surface area contributed by atoms with E-state index in [1.165, 1.54) is 22.7 Å². The van der Waals surface area contributed by atoms with Crippen LogP contribution in [0.15, 0.2) is 46.8 Å². The molecule has 0 aliphatic carbocycles. The Bertz CT molecular complexity index is 1050. The molecule has 8 heteroatoms. The zero-order valence-corrected chi connectivity index (χ0v) is 18.0. The Kier molecular flexibility index (Phi) is 6.61. The molecular weight excluding hydrogens is 434 g/mol. The van der Waals surface area contributed by atoms with Crippen LogP contribution in [0.5, 0.6) is 5.75 Å². The minimum atomic E-state index is -0.930. The predicted molar refractivity (Wildman–Crippen MR) is 121 cm³/mol. The van der Waals surface area contributed by atoms with Crippen LogP contribution in [0.25, 0.3) is 10.4 Å². The highest BCUT2D eigenvalue weighted by atomic mass is 35.5. The van der Waals surface area contributed by atoms with E-state index in [0.29, 0.717) is 39.0 Å². The van der Waals surface area contributed by atoms with Crippen molar-refractivity contribution in [2.75, 3.05) is 6.54 Å². The molecule has 2 N–H and O–H groups in total. The third kappa shape index (κ3) is 4.86. The summed E-state index contributed by atoms with van der Waals surface area (Å²) in [5, 5.41) is 22.1. The van der Waals surface area contributed by atoms with Gasteiger partial charge in [0.2, 0.25) is 0 Å². The second kappa shape index (κ2) is 8.96. The lowest BCUT2D eigenvalue weighted by Gasteiger charge is -2.03. The minimum Gasteiger partial charge on any atom is -0.506 e. The number of thiocarbonyl (C=S) groups is 1. The van der Waals surface area contributed by atoms with E-state index in [1.807, 2.05) is 24.4 Å². The first kappa shape index (κ1) is 20.7. The summed E-state index contributed by atoms with van der Waals surface area (Å²) in [4.78, 5) is 18.1. The van der Waals surface area contributed by atoms with Gasteiger partial charge in [-0.05, 0) is 36.8 Å². The molecule has 0 saturated carbocycles. The second-order valence-electron chi connectivity index (χ2n) is 6.02. The van der Waals surface area contributed by atoms with Gasteiger partial charge in [-0.3, -0.25) is 4.99 Å². The lowest BCUT2D eigenvalue weighted by Crippen LogP contribution is -2.05. The van der Waals surface area contributed by atoms with E-state index in [-0.39, 0.29) is 5.75 Å². The van der Waals surface area contributed by atoms with Gasteiger partial charge in [-0.1, -0.05) is 36.0 Å². The largest absolute Gasteiger partial charge is 0.506 e. The summed E-state index contributed by atoms with van der Waals surface area (Å²) >= 11 is 14.0. The molecule has 2 heterocycles. The van der Waals surface area contributed by atoms with Crippen LogP contribution >= 0.6 is 46.5 Å². The first-order valence-corrected chi connectivity index (χ1v) is 10.7. The Labute approximate surface area is 180 Å². The summed E-state index contributed by atoms with van der Waals surface area (Å²) in [6.07, 6.45) is 0.510. The molecule has 144 valence electrons. The standard InChI is InChI=1S/C20H16ClNO3S3/c1-11(22-9-14(26)8-15-6-7-17(28-15)20(24)25)16-10-27-19(18(16)23)12-2-4-13(21)5-3-12/h2-7,10,23H,8-9H2,1H3,(H,24,25). The molecule has 0 unspecified atom stereocenters. The highest BCUT2D eigenvalue weighted by molar-refractivity contribution is 7.80. The Morgan fingerprint density at radius 2 is 1.93 bits per heavy atom. The molecule has 4 nitrogen and oxygen atoms in total. The summed E-state index contributed by atoms with van der Waals surface area (Å²) in [6.45, 7) is 2.18. The number of rotatable bonds is 7. The van der Waals surface area contributed by atoms with Crippen LogP contribution in [0.1, 0.15) is 27.0 Å². The number of halogens is 1. The van der Waals surface area contributed by atoms with Crippen LogP contribution in [0.3, 0.4) is 0 Å². The number of benzene rings is 1. The summed E-state index contributed by atoms with van der Waals surface area (Å²) < 4.78 is 0. The van der Waals surface area contributed by atoms with Gasteiger partial charge in [0.25, 0.3) is 0 Å². The van der Waals surface area contributed by atoms with Gasteiger partial charge in [0.1, 0.15) is 10.6 Å². The highest BCUT2D eigenvalue weighted by Gasteiger charge is 2.15. The van der Waals surface area contributed by atoms with Gasteiger partial charge in [-0.15, -0.1) is 22.7 Å². The molecular formula is C20H16ClNO3S3. The Balaban J connectivity index is 1.68. The van der Waals surface area contributed by atoms with Crippen molar-refractivity contribution in [2.24, 2.45) is 4.99 Å². The summed E-state index contributed by atoms with van der Waals surface area (Å²) in [5.74, 6) is -0.732. The quantitative estimate of drug-likeness (QED) is 0.345. The van der Waals surface area contributed by atoms with Gasteiger partial charge in [0.05, 0.1) is 11.4 Å². The number of thiophene rings is 2. The molecule has 0 spiro atoms. The van der Waals surface area contributed by atoms with Crippen molar-refractivity contribution in [3.63, 3.8) is 0 Å². The second-order valence-corrected chi connectivity index (χ2v) is 9.08. The Morgan fingerprint density at radius 1 is 1.21 bits per heavy atom. The average Bonchev–Trinajstić information content (AvgIpc) is 3.27. The molecule has 0 atom stereocenters. The number of carboxylic acid groups (broad SMARTS) is 1. The number of aromatic carboxylic acids is 1. The zero-order chi connectivity index (χ0) is 20.3. The minimum absolute atomic E-state index is 0.198. The topological polar surface area (TPSA) is 69.9 Å². The Hall–Kier alpha value is -2.06. The molecule has 2 aromatic heterocycles. The molecule has 1 aromatic carbocycles. The molecule has 0 radical (unpaired) electrons. The van der Waals surface area contributed by atoms with E-state index < -0.39 is 5.97 Å². The van der Waals surface area contributed by atoms with Crippen molar-refractivity contribution in [3.05, 3.63) is 62.1 Å². The van der Waals surface area contributed by atoms with E-state index in [9.17, 15) is 9.90 Å². The molecule has 0 aliphatic heterocycles. The van der Waals surface area contributed by atoms with E-state index in [1.54, 1.807) is 24.3 Å². The number of carboxylic acids is 1. The SMILES string of the molecule is CC(=NCC(=S)Cc1ccc(C(=O)O)s1)c1csc(-c2ccc(Cl)cc2)c1O. The van der Waals surface area contributed by atoms with Gasteiger partial charge in [-0.25, -0.2) is 4.79 Å². The molecule has 0 bridgehead atoms. The number of aromatic hydroxyl groups is 1. The molecule has 28 heavy (non-hydrogen) atoms. The van der Waals surface area contributed by atoms with Crippen molar-refractivity contribution in [3.8, 4) is 16.2 Å². The maximum Gasteiger partial charge on any atom is 0.345 e. The molecule has 3 rings (SSSR count). The van der Waals surface area contributed by atoms with E-state index in [0.717, 1.165) is 15.3 Å². The van der Waals surface area contributed by atoms with Crippen molar-refractivity contribution in [2.45, 2.75) is 13.3 Å². The fourth-order valence-corrected chi connectivity index (χ4v) is 4.88. The third-order valence-corrected chi connectivity index (χ3v) is 6.61. The first-order chi connectivity index (χ1) is 13.3. The zero-order valence-electron chi connectivity index (χ0n) is 14.8. The van der Waals surface area contributed by atoms with Crippen LogP contribution in [0.4, 0.5) is 0 Å².